The number of fused-ring (bicyclic) bond motifs is 7. The van der Waals surface area contributed by atoms with E-state index in [1.807, 2.05) is 11.8 Å². The molecule has 206 valence electrons. The van der Waals surface area contributed by atoms with Gasteiger partial charge in [0.25, 0.3) is 0 Å². The first-order valence-electron chi connectivity index (χ1n) is 14.9. The summed E-state index contributed by atoms with van der Waals surface area (Å²) in [5.74, 6) is 0. The fourth-order valence-electron chi connectivity index (χ4n) is 7.16. The van der Waals surface area contributed by atoms with Gasteiger partial charge in [0.05, 0.1) is 10.9 Å². The zero-order valence-electron chi connectivity index (χ0n) is 25.7. The summed E-state index contributed by atoms with van der Waals surface area (Å²) in [4.78, 5) is 2.84. The Hall–Kier alpha value is -3.36. The summed E-state index contributed by atoms with van der Waals surface area (Å²) < 4.78 is 2.38. The van der Waals surface area contributed by atoms with Crippen molar-refractivity contribution in [1.82, 2.24) is 0 Å². The van der Waals surface area contributed by atoms with E-state index in [1.54, 1.807) is 0 Å². The number of aryl methyl sites for hydroxylation is 2. The van der Waals surface area contributed by atoms with Crippen LogP contribution in [-0.2, 0) is 19.9 Å². The number of nitrogens with zero attached hydrogens (tertiary/aromatic N) is 1. The molecule has 0 saturated heterocycles. The highest BCUT2D eigenvalue weighted by atomic mass is 32.2. The molecule has 0 radical (unpaired) electrons. The summed E-state index contributed by atoms with van der Waals surface area (Å²) in [6, 6.07) is 25.4. The molecule has 7 rings (SSSR count). The number of hydrogen-bond donors (Lipinski definition) is 0. The van der Waals surface area contributed by atoms with E-state index in [0.717, 1.165) is 12.8 Å². The van der Waals surface area contributed by atoms with Crippen molar-refractivity contribution in [3.05, 3.63) is 89.6 Å². The first-order valence-corrected chi connectivity index (χ1v) is 15.7. The van der Waals surface area contributed by atoms with Crippen LogP contribution in [0.1, 0.15) is 58.2 Å². The normalized spacial score (nSPS) is 13.5. The van der Waals surface area contributed by atoms with Gasteiger partial charge in [0.1, 0.15) is 7.05 Å². The SMILES string of the molecule is Cc1c2c(c(CC(C)(C)C)c3ccc4ccccc4c13)Sc1cc3c(CC(C)(C)C)cccc3c3cc[n+](C)c-2c13. The zero-order chi connectivity index (χ0) is 28.8. The number of rotatable bonds is 2. The van der Waals surface area contributed by atoms with Crippen molar-refractivity contribution < 1.29 is 4.57 Å². The molecular formula is C39H40NS+. The van der Waals surface area contributed by atoms with E-state index >= 15 is 0 Å². The van der Waals surface area contributed by atoms with Crippen molar-refractivity contribution in [1.29, 1.82) is 0 Å². The van der Waals surface area contributed by atoms with Gasteiger partial charge in [-0.3, -0.25) is 0 Å². The summed E-state index contributed by atoms with van der Waals surface area (Å²) >= 11 is 2.01. The third kappa shape index (κ3) is 4.26. The fourth-order valence-corrected chi connectivity index (χ4v) is 8.52. The maximum absolute atomic E-state index is 2.51. The van der Waals surface area contributed by atoms with E-state index < -0.39 is 0 Å². The maximum Gasteiger partial charge on any atom is 0.222 e. The van der Waals surface area contributed by atoms with Crippen LogP contribution in [0.15, 0.2) is 82.7 Å². The lowest BCUT2D eigenvalue weighted by Gasteiger charge is -2.29. The Bertz CT molecular complexity index is 2050. The van der Waals surface area contributed by atoms with E-state index in [9.17, 15) is 0 Å². The number of hydrogen-bond acceptors (Lipinski definition) is 1. The Labute approximate surface area is 248 Å². The second kappa shape index (κ2) is 9.07. The van der Waals surface area contributed by atoms with Gasteiger partial charge in [-0.1, -0.05) is 108 Å². The molecule has 1 aromatic heterocycles. The van der Waals surface area contributed by atoms with Gasteiger partial charge in [-0.15, -0.1) is 0 Å². The molecule has 1 aliphatic rings. The third-order valence-electron chi connectivity index (χ3n) is 8.71. The molecule has 0 unspecified atom stereocenters. The van der Waals surface area contributed by atoms with Crippen molar-refractivity contribution in [3.63, 3.8) is 0 Å². The highest BCUT2D eigenvalue weighted by Crippen LogP contribution is 2.54. The molecular weight excluding hydrogens is 515 g/mol. The molecule has 1 aliphatic heterocycles. The average molecular weight is 555 g/mol. The van der Waals surface area contributed by atoms with Gasteiger partial charge in [-0.2, -0.15) is 0 Å². The topological polar surface area (TPSA) is 3.88 Å². The largest absolute Gasteiger partial charge is 0.222 e. The van der Waals surface area contributed by atoms with Crippen LogP contribution in [0.25, 0.3) is 54.3 Å². The molecule has 6 aromatic rings. The summed E-state index contributed by atoms with van der Waals surface area (Å²) in [6.07, 6.45) is 4.39. The molecule has 0 bridgehead atoms. The standard InChI is InChI=1S/C39H40NS/c1-23-33-26-14-10-9-12-24(26)16-17-28(33)31(22-39(5,6)7)37-34(23)36-35-29(18-19-40(36)8)27-15-11-13-25(21-38(2,3)4)30(27)20-32(35)41-37/h9-20H,21-22H2,1-8H3/q+1. The molecule has 2 heterocycles. The van der Waals surface area contributed by atoms with E-state index in [2.05, 4.69) is 133 Å². The molecule has 0 spiro atoms. The van der Waals surface area contributed by atoms with E-state index in [1.165, 1.54) is 80.8 Å². The Balaban J connectivity index is 1.65. The first kappa shape index (κ1) is 26.5. The summed E-state index contributed by atoms with van der Waals surface area (Å²) in [7, 11) is 2.23. The van der Waals surface area contributed by atoms with Crippen LogP contribution in [0.3, 0.4) is 0 Å². The molecule has 0 amide bonds. The van der Waals surface area contributed by atoms with Crippen molar-refractivity contribution in [2.45, 2.75) is 71.1 Å². The van der Waals surface area contributed by atoms with Crippen molar-refractivity contribution in [2.24, 2.45) is 17.9 Å². The minimum Gasteiger partial charge on any atom is -0.200 e. The van der Waals surface area contributed by atoms with Crippen molar-refractivity contribution >= 4 is 54.9 Å². The second-order valence-corrected chi connectivity index (χ2v) is 15.6. The van der Waals surface area contributed by atoms with Gasteiger partial charge in [0.2, 0.25) is 5.69 Å². The molecule has 0 fully saturated rings. The number of benzene rings is 5. The lowest BCUT2D eigenvalue weighted by molar-refractivity contribution is -0.659. The molecule has 1 nitrogen and oxygen atoms in total. The predicted molar refractivity (Wildman–Crippen MR) is 178 cm³/mol. The van der Waals surface area contributed by atoms with Crippen LogP contribution in [-0.4, -0.2) is 0 Å². The first-order chi connectivity index (χ1) is 19.4. The highest BCUT2D eigenvalue weighted by Gasteiger charge is 2.34. The summed E-state index contributed by atoms with van der Waals surface area (Å²) in [5, 5.41) is 11.0. The van der Waals surface area contributed by atoms with Gasteiger partial charge in [-0.05, 0) is 85.7 Å². The third-order valence-corrected chi connectivity index (χ3v) is 9.91. The van der Waals surface area contributed by atoms with Gasteiger partial charge in [0, 0.05) is 21.2 Å². The fraction of sp³-hybridized carbons (Fsp3) is 0.308. The minimum atomic E-state index is 0.167. The van der Waals surface area contributed by atoms with Crippen LogP contribution in [0.2, 0.25) is 0 Å². The molecule has 0 aliphatic carbocycles. The smallest absolute Gasteiger partial charge is 0.200 e. The van der Waals surface area contributed by atoms with Gasteiger partial charge < -0.3 is 0 Å². The van der Waals surface area contributed by atoms with Crippen molar-refractivity contribution in [3.8, 4) is 11.3 Å². The Morgan fingerprint density at radius 1 is 0.683 bits per heavy atom. The van der Waals surface area contributed by atoms with Crippen molar-refractivity contribution in [2.75, 3.05) is 0 Å². The van der Waals surface area contributed by atoms with E-state index in [-0.39, 0.29) is 10.8 Å². The summed E-state index contributed by atoms with van der Waals surface area (Å²) in [6.45, 7) is 16.5. The molecule has 5 aromatic carbocycles. The molecule has 2 heteroatoms. The highest BCUT2D eigenvalue weighted by molar-refractivity contribution is 8.00. The molecule has 41 heavy (non-hydrogen) atoms. The quantitative estimate of drug-likeness (QED) is 0.152. The van der Waals surface area contributed by atoms with Gasteiger partial charge in [-0.25, -0.2) is 4.57 Å². The minimum absolute atomic E-state index is 0.167. The predicted octanol–water partition coefficient (Wildman–Crippen LogP) is 10.7. The molecule has 0 N–H and O–H groups in total. The van der Waals surface area contributed by atoms with Crippen LogP contribution in [0.5, 0.6) is 0 Å². The lowest BCUT2D eigenvalue weighted by Crippen LogP contribution is -2.32. The summed E-state index contributed by atoms with van der Waals surface area (Å²) in [5.41, 5.74) is 7.51. The molecule has 0 atom stereocenters. The Morgan fingerprint density at radius 2 is 1.41 bits per heavy atom. The van der Waals surface area contributed by atoms with Crippen LogP contribution in [0, 0.1) is 17.8 Å². The number of aromatic nitrogens is 1. The van der Waals surface area contributed by atoms with E-state index in [0.29, 0.717) is 0 Å². The lowest BCUT2D eigenvalue weighted by atomic mass is 9.81. The Kier molecular flexibility index (Phi) is 5.87. The van der Waals surface area contributed by atoms with Gasteiger partial charge >= 0.3 is 0 Å². The Morgan fingerprint density at radius 3 is 2.17 bits per heavy atom. The number of pyridine rings is 1. The van der Waals surface area contributed by atoms with E-state index in [4.69, 9.17) is 0 Å². The van der Waals surface area contributed by atoms with Crippen LogP contribution in [0.4, 0.5) is 0 Å². The van der Waals surface area contributed by atoms with Gasteiger partial charge in [0.15, 0.2) is 6.20 Å². The molecule has 0 saturated carbocycles. The zero-order valence-corrected chi connectivity index (χ0v) is 26.5. The average Bonchev–Trinajstić information content (AvgIpc) is 2.90. The monoisotopic (exact) mass is 554 g/mol. The van der Waals surface area contributed by atoms with Crippen LogP contribution < -0.4 is 4.57 Å². The van der Waals surface area contributed by atoms with Crippen LogP contribution >= 0.6 is 11.8 Å². The second-order valence-electron chi connectivity index (χ2n) is 14.5. The maximum atomic E-state index is 2.51.